The van der Waals surface area contributed by atoms with Crippen molar-refractivity contribution < 1.29 is 67.4 Å². The summed E-state index contributed by atoms with van der Waals surface area (Å²) >= 11 is 0. The molecule has 6 aliphatic carbocycles. The van der Waals surface area contributed by atoms with Gasteiger partial charge in [-0.05, 0) is 33.6 Å². The molecule has 1 saturated heterocycles. The second kappa shape index (κ2) is 27.3. The Labute approximate surface area is 607 Å². The smallest absolute Gasteiger partial charge is 0.252 e. The number of H-pyrrole nitrogens is 5. The molecule has 0 radical (unpaired) electrons. The van der Waals surface area contributed by atoms with Gasteiger partial charge in [0, 0.05) is 104 Å². The Morgan fingerprint density at radius 2 is 0.692 bits per heavy atom. The molecule has 7 heterocycles. The molecule has 1 fully saturated rings. The van der Waals surface area contributed by atoms with Crippen molar-refractivity contribution in [2.45, 2.75) is 84.8 Å². The van der Waals surface area contributed by atoms with Crippen LogP contribution in [0.3, 0.4) is 0 Å². The average Bonchev–Trinajstić information content (AvgIpc) is 1.61. The van der Waals surface area contributed by atoms with Gasteiger partial charge < -0.3 is 39.3 Å². The van der Waals surface area contributed by atoms with Crippen LogP contribution in [0.5, 0.6) is 0 Å². The van der Waals surface area contributed by atoms with E-state index in [2.05, 4.69) is 54.8 Å². The molecule has 107 heavy (non-hydrogen) atoms. The molecule has 26 nitrogen and oxygen atoms in total. The molecule has 6 aromatic heterocycles. The molecule has 1 aliphatic heterocycles. The van der Waals surface area contributed by atoms with Crippen LogP contribution in [0.15, 0.2) is 146 Å². The van der Waals surface area contributed by atoms with Crippen LogP contribution in [0.2, 0.25) is 0 Å². The first-order chi connectivity index (χ1) is 51.5. The van der Waals surface area contributed by atoms with Gasteiger partial charge in [-0.2, -0.15) is 0 Å². The number of aryl methyl sites for hydroxylation is 1. The Bertz CT molecular complexity index is 5790. The van der Waals surface area contributed by atoms with Gasteiger partial charge in [0.25, 0.3) is 34.7 Å². The van der Waals surface area contributed by atoms with Gasteiger partial charge in [-0.15, -0.1) is 0 Å². The van der Waals surface area contributed by atoms with Crippen LogP contribution < -0.4 is 0 Å². The summed E-state index contributed by atoms with van der Waals surface area (Å²) in [5, 5.41) is 9.92. The molecule has 0 spiro atoms. The molecule has 0 saturated carbocycles. The number of hydrogen-bond donors (Lipinski definition) is 6. The van der Waals surface area contributed by atoms with Crippen LogP contribution in [0, 0.1) is 0 Å². The summed E-state index contributed by atoms with van der Waals surface area (Å²) in [7, 11) is 0. The summed E-state index contributed by atoms with van der Waals surface area (Å²) in [6.45, 7) is 12.7. The SMILES string of the molecule is CC(C)c1nc2c([nH]1)C(=O)C(=O)c1ccccc1-2.CC(O)c1nc2c(n1C(C)C)C(=O)C(=O)c1ccccc1-2.CCc1nc2c([nH]1)C(=O)C(=O)c1ccccc1-2.O=C1C(=O)c2[nH]c(-c3nc4c([nH]3)C(=O)C(=O)c3ccccc3-4)nc2-c2ccccc21.O=C1C(=O)c2[nH]c(C3CCOCC3)nc2-c2ccccc21. The predicted molar refractivity (Wildman–Crippen MR) is 386 cm³/mol. The Balaban J connectivity index is 0.000000109. The Hall–Kier alpha value is -13.5. The molecule has 12 aromatic rings. The number of nitrogens with one attached hydrogen (secondary N) is 5. The molecule has 7 aliphatic rings. The molecule has 19 rings (SSSR count). The summed E-state index contributed by atoms with van der Waals surface area (Å²) < 4.78 is 7.02. The fourth-order valence-electron chi connectivity index (χ4n) is 14.0. The van der Waals surface area contributed by atoms with Gasteiger partial charge in [-0.3, -0.25) is 57.5 Å². The van der Waals surface area contributed by atoms with Crippen molar-refractivity contribution in [3.8, 4) is 79.2 Å². The third-order valence-electron chi connectivity index (χ3n) is 19.3. The number of aromatic nitrogens is 12. The number of aliphatic hydroxyl groups is 1. The minimum Gasteiger partial charge on any atom is -0.385 e. The third-order valence-corrected chi connectivity index (χ3v) is 19.3. The monoisotopic (exact) mass is 1430 g/mol. The average molecular weight is 1430 g/mol. The minimum atomic E-state index is -0.812. The summed E-state index contributed by atoms with van der Waals surface area (Å²) in [5.41, 5.74) is 10.7. The molecule has 530 valence electrons. The summed E-state index contributed by atoms with van der Waals surface area (Å²) in [6.07, 6.45) is 1.66. The second-order valence-corrected chi connectivity index (χ2v) is 26.6. The van der Waals surface area contributed by atoms with E-state index in [0.29, 0.717) is 127 Å². The van der Waals surface area contributed by atoms with Crippen LogP contribution in [-0.4, -0.2) is 147 Å². The number of imidazole rings is 6. The van der Waals surface area contributed by atoms with Gasteiger partial charge in [0.15, 0.2) is 11.6 Å². The maximum atomic E-state index is 12.5. The lowest BCUT2D eigenvalue weighted by Gasteiger charge is -2.19. The van der Waals surface area contributed by atoms with E-state index in [-0.39, 0.29) is 46.6 Å². The van der Waals surface area contributed by atoms with Crippen LogP contribution in [-0.2, 0) is 11.2 Å². The maximum absolute atomic E-state index is 12.5. The van der Waals surface area contributed by atoms with Crippen LogP contribution >= 0.6 is 0 Å². The Morgan fingerprint density at radius 3 is 1.06 bits per heavy atom. The standard InChI is InChI=1S/C22H10N4O4.C16H14N2O3.C16H16N2O3.C14H12N2O2.C13H10N2O2/c27-17-11-7-3-1-5-9(11)13-15(19(17)29)25-21(23-13)22-24-14-10-6-2-4-8-12(10)18(28)20(30)16(14)26-22;19-14-11-4-2-1-3-10(11)12-13(15(14)20)18-16(17-12)9-5-7-21-8-6-9;1-8(2)18-13-12(17-16(18)9(3)19)10-6-4-5-7-11(10)14(20)15(13)21;1-7(2)14-15-10-8-5-3-4-6-9(8)12(17)13(18)11(10)16-14;1-2-9-14-10-7-5-3-4-6-8(7)12(16)13(17)11(10)15-9/h1-8H,(H,23,25)(H,24,26);1-4,9H,5-8H2,(H,17,18);4-9,19H,1-3H3;3-7H,1-2H3,(H,15,16);3-6H,2H2,1H3,(H,14,15). The van der Waals surface area contributed by atoms with Gasteiger partial charge >= 0.3 is 0 Å². The quantitative estimate of drug-likeness (QED) is 0.0842. The van der Waals surface area contributed by atoms with Crippen LogP contribution in [0.25, 0.3) is 79.2 Å². The zero-order valence-corrected chi connectivity index (χ0v) is 58.1. The van der Waals surface area contributed by atoms with Crippen molar-refractivity contribution in [1.82, 2.24) is 59.4 Å². The first-order valence-corrected chi connectivity index (χ1v) is 34.5. The predicted octanol–water partition coefficient (Wildman–Crippen LogP) is 12.4. The third kappa shape index (κ3) is 11.7. The van der Waals surface area contributed by atoms with Gasteiger partial charge in [0.1, 0.15) is 97.7 Å². The van der Waals surface area contributed by atoms with Crippen molar-refractivity contribution in [3.63, 3.8) is 0 Å². The summed E-state index contributed by atoms with van der Waals surface area (Å²) in [5.74, 6) is -3.01. The lowest BCUT2D eigenvalue weighted by molar-refractivity contribution is 0.0808. The molecule has 1 atom stereocenters. The minimum absolute atomic E-state index is 0.0749. The fourth-order valence-corrected chi connectivity index (χ4v) is 14.0. The highest BCUT2D eigenvalue weighted by Gasteiger charge is 2.41. The number of aliphatic hydroxyl groups excluding tert-OH is 1. The highest BCUT2D eigenvalue weighted by molar-refractivity contribution is 6.55. The Morgan fingerprint density at radius 1 is 0.374 bits per heavy atom. The van der Waals surface area contributed by atoms with Gasteiger partial charge in [0.2, 0.25) is 34.7 Å². The molecular weight excluding hydrogens is 1360 g/mol. The largest absolute Gasteiger partial charge is 0.385 e. The van der Waals surface area contributed by atoms with Crippen LogP contribution in [0.4, 0.5) is 0 Å². The number of ether oxygens (including phenoxy) is 1. The van der Waals surface area contributed by atoms with E-state index in [1.165, 1.54) is 0 Å². The number of hydrogen-bond acceptors (Lipinski definition) is 20. The van der Waals surface area contributed by atoms with E-state index in [1.807, 2.05) is 77.1 Å². The number of benzene rings is 6. The first kappa shape index (κ1) is 69.3. The fraction of sp³-hybridized carbons (Fsp3) is 0.185. The number of ketones is 12. The lowest BCUT2D eigenvalue weighted by Crippen LogP contribution is -2.25. The van der Waals surface area contributed by atoms with E-state index in [1.54, 1.807) is 115 Å². The van der Waals surface area contributed by atoms with Crippen LogP contribution in [0.1, 0.15) is 227 Å². The van der Waals surface area contributed by atoms with Gasteiger partial charge in [0.05, 0.1) is 0 Å². The van der Waals surface area contributed by atoms with Gasteiger partial charge in [-0.1, -0.05) is 166 Å². The van der Waals surface area contributed by atoms with Crippen molar-refractivity contribution in [3.05, 3.63) is 236 Å². The zero-order valence-electron chi connectivity index (χ0n) is 58.1. The first-order valence-electron chi connectivity index (χ1n) is 34.5. The highest BCUT2D eigenvalue weighted by Crippen LogP contribution is 2.41. The van der Waals surface area contributed by atoms with Crippen molar-refractivity contribution in [1.29, 1.82) is 0 Å². The number of rotatable bonds is 6. The van der Waals surface area contributed by atoms with E-state index >= 15 is 0 Å². The molecule has 1 unspecified atom stereocenters. The number of carbonyl (C=O) groups excluding carboxylic acids is 12. The molecule has 0 bridgehead atoms. The summed E-state index contributed by atoms with van der Waals surface area (Å²) in [6, 6.07) is 41.7. The van der Waals surface area contributed by atoms with Crippen molar-refractivity contribution in [2.24, 2.45) is 0 Å². The number of nitrogens with zero attached hydrogens (tertiary/aromatic N) is 7. The number of fused-ring (bicyclic) bond motifs is 18. The topological polar surface area (TPSA) is 396 Å². The summed E-state index contributed by atoms with van der Waals surface area (Å²) in [4.78, 5) is 188. The number of aromatic amines is 5. The normalized spacial score (nSPS) is 15.0. The Kier molecular flexibility index (Phi) is 17.7. The van der Waals surface area contributed by atoms with E-state index < -0.39 is 75.5 Å². The maximum Gasteiger partial charge on any atom is 0.252 e. The van der Waals surface area contributed by atoms with Crippen molar-refractivity contribution >= 4 is 69.4 Å². The molecule has 6 N–H and O–H groups in total. The van der Waals surface area contributed by atoms with E-state index in [9.17, 15) is 62.6 Å². The second-order valence-electron chi connectivity index (χ2n) is 26.6. The van der Waals surface area contributed by atoms with E-state index in [4.69, 9.17) is 4.74 Å². The van der Waals surface area contributed by atoms with Gasteiger partial charge in [-0.25, -0.2) is 29.9 Å². The number of carbonyl (C=O) groups is 12. The lowest BCUT2D eigenvalue weighted by atomic mass is 9.90. The zero-order chi connectivity index (χ0) is 75.1. The molecule has 6 aromatic carbocycles. The molecule has 0 amide bonds. The van der Waals surface area contributed by atoms with Crippen molar-refractivity contribution in [2.75, 3.05) is 13.2 Å². The van der Waals surface area contributed by atoms with E-state index in [0.717, 1.165) is 47.0 Å². The number of Topliss-reactive ketones (excluding diaryl/α,β-unsaturated/α-hetero) is 12. The molecular formula is C81H62N12O14. The highest BCUT2D eigenvalue weighted by atomic mass is 16.5. The molecule has 26 heteroatoms.